The molecule has 4 heterocycles. The van der Waals surface area contributed by atoms with E-state index in [1.54, 1.807) is 10.9 Å². The van der Waals surface area contributed by atoms with Gasteiger partial charge in [0.1, 0.15) is 0 Å². The van der Waals surface area contributed by atoms with E-state index in [9.17, 15) is 5.11 Å². The molecule has 2 N–H and O–H groups in total. The fourth-order valence-corrected chi connectivity index (χ4v) is 4.08. The van der Waals surface area contributed by atoms with Gasteiger partial charge in [0.05, 0.1) is 41.7 Å². The van der Waals surface area contributed by atoms with Gasteiger partial charge >= 0.3 is 0 Å². The number of hydrogen-bond acceptors (Lipinski definition) is 6. The van der Waals surface area contributed by atoms with E-state index in [0.717, 1.165) is 53.8 Å². The lowest BCUT2D eigenvalue weighted by atomic mass is 10.1. The highest BCUT2D eigenvalue weighted by atomic mass is 32.1. The van der Waals surface area contributed by atoms with Crippen molar-refractivity contribution < 1.29 is 14.4 Å². The van der Waals surface area contributed by atoms with Crippen LogP contribution in [0.15, 0.2) is 59.1 Å². The van der Waals surface area contributed by atoms with Gasteiger partial charge in [0.15, 0.2) is 6.67 Å². The molecule has 0 atom stereocenters. The molecule has 1 saturated heterocycles. The zero-order valence-corrected chi connectivity index (χ0v) is 17.2. The van der Waals surface area contributed by atoms with Crippen LogP contribution in [0.2, 0.25) is 0 Å². The summed E-state index contributed by atoms with van der Waals surface area (Å²) in [7, 11) is 0. The van der Waals surface area contributed by atoms with E-state index in [2.05, 4.69) is 4.98 Å². The summed E-state index contributed by atoms with van der Waals surface area (Å²) < 4.78 is 7.66. The van der Waals surface area contributed by atoms with Gasteiger partial charge < -0.3 is 14.4 Å². The number of nitrogens with one attached hydrogen (secondary N) is 1. The Balaban J connectivity index is 1.55. The van der Waals surface area contributed by atoms with E-state index >= 15 is 0 Å². The number of hydrogen-bond donors (Lipinski definition) is 2. The number of nitrogens with zero attached hydrogens (tertiary/aromatic N) is 4. The van der Waals surface area contributed by atoms with Crippen LogP contribution in [0.4, 0.5) is 0 Å². The summed E-state index contributed by atoms with van der Waals surface area (Å²) in [6.45, 7) is 2.42. The molecule has 0 amide bonds. The van der Waals surface area contributed by atoms with E-state index in [4.69, 9.17) is 26.7 Å². The molecule has 0 aliphatic carbocycles. The van der Waals surface area contributed by atoms with Gasteiger partial charge in [0.2, 0.25) is 5.89 Å². The molecule has 5 rings (SSSR count). The van der Waals surface area contributed by atoms with Crippen LogP contribution in [0.5, 0.6) is 0 Å². The average molecular weight is 421 g/mol. The van der Waals surface area contributed by atoms with Gasteiger partial charge in [-0.15, -0.1) is 5.10 Å². The molecule has 8 heteroatoms. The number of para-hydroxylation sites is 1. The molecule has 7 nitrogen and oxygen atoms in total. The molecule has 0 radical (unpaired) electrons. The van der Waals surface area contributed by atoms with Crippen molar-refractivity contribution in [2.24, 2.45) is 0 Å². The van der Waals surface area contributed by atoms with Gasteiger partial charge in [-0.3, -0.25) is 4.98 Å². The van der Waals surface area contributed by atoms with Crippen LogP contribution in [0.25, 0.3) is 33.7 Å². The molecule has 0 bridgehead atoms. The maximum absolute atomic E-state index is 9.74. The topological polar surface area (TPSA) is 81.4 Å². The summed E-state index contributed by atoms with van der Waals surface area (Å²) in [5.74, 6) is 0.479. The van der Waals surface area contributed by atoms with Crippen molar-refractivity contribution >= 4 is 23.1 Å². The molecule has 0 spiro atoms. The number of pyridine rings is 2. The van der Waals surface area contributed by atoms with Crippen molar-refractivity contribution in [2.75, 3.05) is 13.1 Å². The Kier molecular flexibility index (Phi) is 5.12. The number of rotatable bonds is 4. The fourth-order valence-electron chi connectivity index (χ4n) is 3.89. The Hall–Kier alpha value is -2.94. The Bertz CT molecular complexity index is 1230. The van der Waals surface area contributed by atoms with Gasteiger partial charge in [-0.05, 0) is 36.5 Å². The van der Waals surface area contributed by atoms with Gasteiger partial charge in [0.25, 0.3) is 4.84 Å². The van der Waals surface area contributed by atoms with E-state index < -0.39 is 0 Å². The minimum atomic E-state index is -0.192. The molecule has 152 valence electrons. The standard InChI is InChI=1S/C22H21N5O2S/c28-15-8-11-26(12-9-15)14-27-22(30)29-21(25-27)17-13-20(19-7-3-4-10-23-19)24-18-6-2-1-5-16(17)18/h1-7,10,13,15,28H,8-9,11-12,14H2/p+1. The smallest absolute Gasteiger partial charge is 0.292 e. The average Bonchev–Trinajstić information content (AvgIpc) is 3.15. The number of fused-ring (bicyclic) bond motifs is 1. The normalized spacial score (nSPS) is 19.2. The molecule has 1 aromatic carbocycles. The first-order valence-electron chi connectivity index (χ1n) is 10.1. The molecular formula is C22H22N5O2S+. The van der Waals surface area contributed by atoms with Crippen molar-refractivity contribution in [1.29, 1.82) is 0 Å². The Morgan fingerprint density at radius 3 is 2.70 bits per heavy atom. The SMILES string of the molecule is OC1CC[NH+](Cn2nc(-c3cc(-c4ccccn4)nc4ccccc34)oc2=S)CC1. The number of benzene rings is 1. The van der Waals surface area contributed by atoms with E-state index in [-0.39, 0.29) is 6.10 Å². The Morgan fingerprint density at radius 1 is 1.10 bits per heavy atom. The van der Waals surface area contributed by atoms with Crippen molar-refractivity contribution in [3.05, 3.63) is 59.6 Å². The summed E-state index contributed by atoms with van der Waals surface area (Å²) in [4.78, 5) is 10.9. The number of piperidine rings is 1. The van der Waals surface area contributed by atoms with Gasteiger partial charge in [0, 0.05) is 24.4 Å². The third-order valence-corrected chi connectivity index (χ3v) is 5.81. The lowest BCUT2D eigenvalue weighted by Crippen LogP contribution is -3.12. The highest BCUT2D eigenvalue weighted by Gasteiger charge is 2.22. The van der Waals surface area contributed by atoms with E-state index in [1.807, 2.05) is 48.5 Å². The van der Waals surface area contributed by atoms with Crippen LogP contribution in [-0.4, -0.2) is 44.0 Å². The van der Waals surface area contributed by atoms with E-state index in [1.165, 1.54) is 4.90 Å². The summed E-state index contributed by atoms with van der Waals surface area (Å²) in [5.41, 5.74) is 3.24. The maximum Gasteiger partial charge on any atom is 0.292 e. The first-order valence-corrected chi connectivity index (χ1v) is 10.5. The first-order chi connectivity index (χ1) is 14.7. The van der Waals surface area contributed by atoms with Gasteiger partial charge in [-0.25, -0.2) is 4.98 Å². The second-order valence-corrected chi connectivity index (χ2v) is 7.95. The van der Waals surface area contributed by atoms with E-state index in [0.29, 0.717) is 17.4 Å². The molecule has 30 heavy (non-hydrogen) atoms. The summed E-state index contributed by atoms with van der Waals surface area (Å²) in [6.07, 6.45) is 3.17. The summed E-state index contributed by atoms with van der Waals surface area (Å²) in [5, 5.41) is 15.4. The van der Waals surface area contributed by atoms with Crippen LogP contribution in [0, 0.1) is 4.84 Å². The summed E-state index contributed by atoms with van der Waals surface area (Å²) in [6, 6.07) is 15.6. The Morgan fingerprint density at radius 2 is 1.90 bits per heavy atom. The minimum Gasteiger partial charge on any atom is -0.409 e. The van der Waals surface area contributed by atoms with Crippen molar-refractivity contribution in [2.45, 2.75) is 25.6 Å². The zero-order chi connectivity index (χ0) is 20.5. The summed E-state index contributed by atoms with van der Waals surface area (Å²) >= 11 is 5.46. The maximum atomic E-state index is 9.74. The second kappa shape index (κ2) is 8.06. The van der Waals surface area contributed by atoms with Crippen LogP contribution in [0.3, 0.4) is 0 Å². The number of aromatic nitrogens is 4. The molecule has 3 aromatic heterocycles. The number of quaternary nitrogens is 1. The quantitative estimate of drug-likeness (QED) is 0.494. The monoisotopic (exact) mass is 420 g/mol. The van der Waals surface area contributed by atoms with Crippen LogP contribution >= 0.6 is 12.2 Å². The number of likely N-dealkylation sites (tertiary alicyclic amines) is 1. The first kappa shape index (κ1) is 19.0. The van der Waals surface area contributed by atoms with Gasteiger partial charge in [-0.1, -0.05) is 24.3 Å². The van der Waals surface area contributed by atoms with Crippen LogP contribution in [-0.2, 0) is 6.67 Å². The predicted molar refractivity (Wildman–Crippen MR) is 115 cm³/mol. The second-order valence-electron chi connectivity index (χ2n) is 7.60. The fraction of sp³-hybridized carbons (Fsp3) is 0.273. The molecule has 4 aromatic rings. The lowest BCUT2D eigenvalue weighted by molar-refractivity contribution is -0.929. The lowest BCUT2D eigenvalue weighted by Gasteiger charge is -2.25. The van der Waals surface area contributed by atoms with Gasteiger partial charge in [-0.2, -0.15) is 4.68 Å². The molecule has 1 aliphatic heterocycles. The number of aliphatic hydroxyl groups is 1. The molecule has 1 fully saturated rings. The highest BCUT2D eigenvalue weighted by molar-refractivity contribution is 7.71. The molecule has 0 saturated carbocycles. The number of aliphatic hydroxyl groups excluding tert-OH is 1. The van der Waals surface area contributed by atoms with Crippen molar-refractivity contribution in [3.63, 3.8) is 0 Å². The highest BCUT2D eigenvalue weighted by Crippen LogP contribution is 2.30. The third-order valence-electron chi connectivity index (χ3n) is 5.52. The molecular weight excluding hydrogens is 398 g/mol. The van der Waals surface area contributed by atoms with Crippen molar-refractivity contribution in [1.82, 2.24) is 19.7 Å². The van der Waals surface area contributed by atoms with Crippen LogP contribution in [0.1, 0.15) is 12.8 Å². The molecule has 0 unspecified atom stereocenters. The third kappa shape index (κ3) is 3.77. The predicted octanol–water partition coefficient (Wildman–Crippen LogP) is 2.48. The van der Waals surface area contributed by atoms with Crippen LogP contribution < -0.4 is 4.90 Å². The largest absolute Gasteiger partial charge is 0.409 e. The Labute approximate surface area is 178 Å². The van der Waals surface area contributed by atoms with Crippen molar-refractivity contribution in [3.8, 4) is 22.8 Å². The molecule has 1 aliphatic rings. The zero-order valence-electron chi connectivity index (χ0n) is 16.4. The minimum absolute atomic E-state index is 0.192.